The van der Waals surface area contributed by atoms with Gasteiger partial charge in [0.1, 0.15) is 29.1 Å². The van der Waals surface area contributed by atoms with Crippen molar-refractivity contribution in [2.75, 3.05) is 45.1 Å². The fraction of sp³-hybridized carbons (Fsp3) is 0.357. The number of hydrogen-bond acceptors (Lipinski definition) is 8. The molecule has 3 heterocycles. The maximum absolute atomic E-state index is 13.0. The maximum Gasteiger partial charge on any atom is 0.416 e. The van der Waals surface area contributed by atoms with E-state index in [0.29, 0.717) is 36.6 Å². The van der Waals surface area contributed by atoms with Gasteiger partial charge in [0.05, 0.1) is 5.56 Å². The molecule has 1 unspecified atom stereocenters. The lowest BCUT2D eigenvalue weighted by Gasteiger charge is -2.32. The molecule has 2 amide bonds. The first-order chi connectivity index (χ1) is 19.5. The Balaban J connectivity index is 1.49. The molecule has 0 bridgehead atoms. The molecule has 1 atom stereocenters. The highest BCUT2D eigenvalue weighted by Gasteiger charge is 2.30. The zero-order valence-electron chi connectivity index (χ0n) is 22.4. The summed E-state index contributed by atoms with van der Waals surface area (Å²) in [6, 6.07) is 10.6. The van der Waals surface area contributed by atoms with Crippen LogP contribution in [0.2, 0.25) is 0 Å². The second-order valence-corrected chi connectivity index (χ2v) is 10.1. The number of anilines is 1. The summed E-state index contributed by atoms with van der Waals surface area (Å²) in [5.74, 6) is 0.310. The lowest BCUT2D eigenvalue weighted by atomic mass is 10.0. The number of carbonyl (C=O) groups excluding carboxylic acids is 2. The van der Waals surface area contributed by atoms with Gasteiger partial charge >= 0.3 is 6.18 Å². The number of amides is 2. The highest BCUT2D eigenvalue weighted by molar-refractivity contribution is 5.92. The van der Waals surface area contributed by atoms with E-state index in [9.17, 15) is 22.8 Å². The summed E-state index contributed by atoms with van der Waals surface area (Å²) in [7, 11) is 2.06. The summed E-state index contributed by atoms with van der Waals surface area (Å²) >= 11 is 0. The zero-order valence-corrected chi connectivity index (χ0v) is 22.4. The van der Waals surface area contributed by atoms with Gasteiger partial charge in [-0.25, -0.2) is 9.97 Å². The molecule has 4 N–H and O–H groups in total. The summed E-state index contributed by atoms with van der Waals surface area (Å²) in [6.45, 7) is 4.49. The SMILES string of the molecule is CN1CCN(Cc2cc(Oc3ccc(C(F)(F)F)cc3)ccc2-c2nc(NC3CCNC3=O)cc(C(N)=O)n2)CC1. The number of primary amides is 1. The van der Waals surface area contributed by atoms with Gasteiger partial charge in [0.15, 0.2) is 5.82 Å². The summed E-state index contributed by atoms with van der Waals surface area (Å²) in [4.78, 5) is 37.8. The second-order valence-electron chi connectivity index (χ2n) is 10.1. The Hall–Kier alpha value is -4.23. The number of ether oxygens (including phenoxy) is 1. The molecular weight excluding hydrogens is 539 g/mol. The molecule has 0 radical (unpaired) electrons. The van der Waals surface area contributed by atoms with Gasteiger partial charge in [-0.1, -0.05) is 0 Å². The van der Waals surface area contributed by atoms with Crippen molar-refractivity contribution in [3.63, 3.8) is 0 Å². The highest BCUT2D eigenvalue weighted by Crippen LogP contribution is 2.33. The van der Waals surface area contributed by atoms with E-state index in [2.05, 4.69) is 37.4 Å². The fourth-order valence-corrected chi connectivity index (χ4v) is 4.76. The van der Waals surface area contributed by atoms with E-state index >= 15 is 0 Å². The zero-order chi connectivity index (χ0) is 29.1. The number of nitrogens with zero attached hydrogens (tertiary/aromatic N) is 4. The third-order valence-corrected chi connectivity index (χ3v) is 7.07. The van der Waals surface area contributed by atoms with Crippen LogP contribution in [-0.2, 0) is 17.5 Å². The Morgan fingerprint density at radius 3 is 2.41 bits per heavy atom. The first-order valence-electron chi connectivity index (χ1n) is 13.2. The molecule has 216 valence electrons. The van der Waals surface area contributed by atoms with Crippen molar-refractivity contribution in [1.29, 1.82) is 0 Å². The average Bonchev–Trinajstić information content (AvgIpc) is 3.33. The maximum atomic E-state index is 13.0. The number of benzene rings is 2. The molecular formula is C28H30F3N7O3. The van der Waals surface area contributed by atoms with Gasteiger partial charge in [0.25, 0.3) is 5.91 Å². The summed E-state index contributed by atoms with van der Waals surface area (Å²) in [6.07, 6.45) is -3.88. The predicted molar refractivity (Wildman–Crippen MR) is 145 cm³/mol. The van der Waals surface area contributed by atoms with Crippen molar-refractivity contribution in [1.82, 2.24) is 25.1 Å². The molecule has 5 rings (SSSR count). The van der Waals surface area contributed by atoms with Crippen LogP contribution in [0.3, 0.4) is 0 Å². The van der Waals surface area contributed by atoms with Crippen molar-refractivity contribution < 1.29 is 27.5 Å². The van der Waals surface area contributed by atoms with Crippen LogP contribution in [-0.4, -0.2) is 77.4 Å². The highest BCUT2D eigenvalue weighted by atomic mass is 19.4. The summed E-state index contributed by atoms with van der Waals surface area (Å²) in [5, 5.41) is 5.82. The monoisotopic (exact) mass is 569 g/mol. The molecule has 1 aromatic heterocycles. The number of piperazine rings is 1. The third-order valence-electron chi connectivity index (χ3n) is 7.07. The molecule has 2 aromatic carbocycles. The Morgan fingerprint density at radius 1 is 1.07 bits per heavy atom. The standard InChI is InChI=1S/C28H30F3N7O3/c1-37-10-12-38(13-11-37)16-17-14-20(41-19-4-2-18(3-5-19)28(29,30)31)6-7-21(17)26-35-23(25(32)39)15-24(36-26)34-22-8-9-33-27(22)40/h2-7,14-15,22H,8-13,16H2,1H3,(H2,32,39)(H,33,40)(H,34,35,36). The van der Waals surface area contributed by atoms with Gasteiger partial charge in [-0.3, -0.25) is 14.5 Å². The molecule has 41 heavy (non-hydrogen) atoms. The molecule has 2 aliphatic rings. The van der Waals surface area contributed by atoms with Crippen LogP contribution in [0, 0.1) is 0 Å². The smallest absolute Gasteiger partial charge is 0.416 e. The number of likely N-dealkylation sites (N-methyl/N-ethyl adjacent to an activating group) is 1. The molecule has 10 nitrogen and oxygen atoms in total. The molecule has 0 spiro atoms. The number of nitrogens with one attached hydrogen (secondary N) is 2. The van der Waals surface area contributed by atoms with Gasteiger partial charge in [-0.2, -0.15) is 13.2 Å². The van der Waals surface area contributed by atoms with Crippen LogP contribution in [0.5, 0.6) is 11.5 Å². The van der Waals surface area contributed by atoms with Crippen LogP contribution in [0.15, 0.2) is 48.5 Å². The minimum atomic E-state index is -4.44. The topological polar surface area (TPSA) is 126 Å². The van der Waals surface area contributed by atoms with E-state index in [1.165, 1.54) is 18.2 Å². The molecule has 2 aliphatic heterocycles. The van der Waals surface area contributed by atoms with Crippen molar-refractivity contribution >= 4 is 17.6 Å². The lowest BCUT2D eigenvalue weighted by molar-refractivity contribution is -0.137. The van der Waals surface area contributed by atoms with Crippen molar-refractivity contribution in [2.45, 2.75) is 25.2 Å². The van der Waals surface area contributed by atoms with Gasteiger partial charge in [-0.15, -0.1) is 0 Å². The number of alkyl halides is 3. The van der Waals surface area contributed by atoms with E-state index in [0.717, 1.165) is 43.9 Å². The van der Waals surface area contributed by atoms with Crippen LogP contribution in [0.4, 0.5) is 19.0 Å². The Kier molecular flexibility index (Phi) is 8.08. The van der Waals surface area contributed by atoms with Crippen LogP contribution in [0.25, 0.3) is 11.4 Å². The molecule has 3 aromatic rings. The fourth-order valence-electron chi connectivity index (χ4n) is 4.76. The number of nitrogens with two attached hydrogens (primary N) is 1. The average molecular weight is 570 g/mol. The number of aromatic nitrogens is 2. The minimum Gasteiger partial charge on any atom is -0.457 e. The normalized spacial score (nSPS) is 18.2. The predicted octanol–water partition coefficient (Wildman–Crippen LogP) is 3.10. The Labute approximate surface area is 234 Å². The molecule has 0 aliphatic carbocycles. The van der Waals surface area contributed by atoms with E-state index in [1.54, 1.807) is 18.2 Å². The van der Waals surface area contributed by atoms with Crippen molar-refractivity contribution in [2.24, 2.45) is 5.73 Å². The second kappa shape index (κ2) is 11.7. The Morgan fingerprint density at radius 2 is 1.78 bits per heavy atom. The van der Waals surface area contributed by atoms with Crippen molar-refractivity contribution in [3.8, 4) is 22.9 Å². The van der Waals surface area contributed by atoms with Crippen LogP contribution in [0.1, 0.15) is 28.0 Å². The largest absolute Gasteiger partial charge is 0.457 e. The van der Waals surface area contributed by atoms with E-state index in [-0.39, 0.29) is 23.2 Å². The quantitative estimate of drug-likeness (QED) is 0.378. The van der Waals surface area contributed by atoms with Gasteiger partial charge in [-0.05, 0) is 61.5 Å². The number of rotatable bonds is 8. The third kappa shape index (κ3) is 6.92. The summed E-state index contributed by atoms with van der Waals surface area (Å²) in [5.41, 5.74) is 6.23. The first kappa shape index (κ1) is 28.3. The molecule has 0 saturated carbocycles. The van der Waals surface area contributed by atoms with E-state index in [4.69, 9.17) is 10.5 Å². The minimum absolute atomic E-state index is 0.00784. The molecule has 13 heteroatoms. The van der Waals surface area contributed by atoms with E-state index < -0.39 is 23.7 Å². The van der Waals surface area contributed by atoms with Gasteiger partial charge in [0, 0.05) is 50.9 Å². The lowest BCUT2D eigenvalue weighted by Crippen LogP contribution is -2.43. The van der Waals surface area contributed by atoms with Crippen LogP contribution < -0.4 is 21.1 Å². The van der Waals surface area contributed by atoms with E-state index in [1.807, 2.05) is 0 Å². The van der Waals surface area contributed by atoms with Crippen LogP contribution >= 0.6 is 0 Å². The molecule has 2 saturated heterocycles. The van der Waals surface area contributed by atoms with Gasteiger partial charge < -0.3 is 26.0 Å². The number of halogens is 3. The number of carbonyl (C=O) groups is 2. The Bertz CT molecular complexity index is 1420. The van der Waals surface area contributed by atoms with Crippen molar-refractivity contribution in [3.05, 3.63) is 65.4 Å². The number of hydrogen-bond donors (Lipinski definition) is 3. The first-order valence-corrected chi connectivity index (χ1v) is 13.2. The van der Waals surface area contributed by atoms with Gasteiger partial charge in [0.2, 0.25) is 5.91 Å². The molecule has 2 fully saturated rings. The summed E-state index contributed by atoms with van der Waals surface area (Å²) < 4.78 is 44.8.